The van der Waals surface area contributed by atoms with Gasteiger partial charge in [0.25, 0.3) is 0 Å². The number of hydrogen-bond donors (Lipinski definition) is 9. The fourth-order valence-electron chi connectivity index (χ4n) is 5.96. The van der Waals surface area contributed by atoms with Gasteiger partial charge in [-0.05, 0) is 43.5 Å². The first-order valence-corrected chi connectivity index (χ1v) is 18.4. The minimum absolute atomic E-state index is 0.0364. The van der Waals surface area contributed by atoms with Gasteiger partial charge in [-0.25, -0.2) is 0 Å². The van der Waals surface area contributed by atoms with Gasteiger partial charge in [-0.3, -0.25) is 4.79 Å². The van der Waals surface area contributed by atoms with E-state index in [-0.39, 0.29) is 58.3 Å². The van der Waals surface area contributed by atoms with Crippen molar-refractivity contribution in [3.63, 3.8) is 0 Å². The van der Waals surface area contributed by atoms with Gasteiger partial charge < -0.3 is 79.9 Å². The highest BCUT2D eigenvalue weighted by Gasteiger charge is 2.46. The Kier molecular flexibility index (Phi) is 24.7. The van der Waals surface area contributed by atoms with Gasteiger partial charge in [0.15, 0.2) is 0 Å². The molecule has 3 rings (SSSR count). The van der Waals surface area contributed by atoms with Gasteiger partial charge in [-0.2, -0.15) is 0 Å². The van der Waals surface area contributed by atoms with Crippen molar-refractivity contribution < 1.29 is 74.1 Å². The fraction of sp³-hybridized carbons (Fsp3) is 0.811. The number of aryl methyl sites for hydroxylation is 1. The highest BCUT2D eigenvalue weighted by Crippen LogP contribution is 2.29. The van der Waals surface area contributed by atoms with Crippen LogP contribution >= 0.6 is 0 Å². The van der Waals surface area contributed by atoms with Crippen LogP contribution in [0.25, 0.3) is 0 Å². The molecule has 0 aromatic heterocycles. The first-order valence-electron chi connectivity index (χ1n) is 18.4. The van der Waals surface area contributed by atoms with Gasteiger partial charge in [0.1, 0.15) is 24.4 Å². The lowest BCUT2D eigenvalue weighted by Crippen LogP contribution is -2.59. The lowest BCUT2D eigenvalue weighted by atomic mass is 9.87. The summed E-state index contributed by atoms with van der Waals surface area (Å²) in [6, 6.07) is 6.62. The van der Waals surface area contributed by atoms with Gasteiger partial charge in [0.05, 0.1) is 83.4 Å². The summed E-state index contributed by atoms with van der Waals surface area (Å²) >= 11 is 0. The zero-order valence-electron chi connectivity index (χ0n) is 32.9. The van der Waals surface area contributed by atoms with Crippen LogP contribution in [0.2, 0.25) is 0 Å². The van der Waals surface area contributed by atoms with Crippen molar-refractivity contribution >= 4 is 11.7 Å². The highest BCUT2D eigenvalue weighted by atomic mass is 16.6. The van der Waals surface area contributed by atoms with Crippen LogP contribution in [0.5, 0.6) is 0 Å². The maximum Gasteiger partial charge on any atom is 0.302 e. The van der Waals surface area contributed by atoms with Gasteiger partial charge in [0.2, 0.25) is 0 Å². The Balaban J connectivity index is 0.000000541. The van der Waals surface area contributed by atoms with Crippen molar-refractivity contribution in [3.05, 3.63) is 29.3 Å². The molecule has 10 N–H and O–H groups in total. The number of nitrogens with two attached hydrogens (primary N) is 1. The first-order chi connectivity index (χ1) is 25.6. The topological polar surface area (TPSA) is 264 Å². The van der Waals surface area contributed by atoms with E-state index in [1.165, 1.54) is 30.8 Å². The van der Waals surface area contributed by atoms with Gasteiger partial charge in [-0.15, -0.1) is 0 Å². The number of carbonyl (C=O) groups is 1. The molecule has 54 heavy (non-hydrogen) atoms. The summed E-state index contributed by atoms with van der Waals surface area (Å²) in [6.07, 6.45) is -7.63. The summed E-state index contributed by atoms with van der Waals surface area (Å²) in [6.45, 7) is 6.50. The van der Waals surface area contributed by atoms with Crippen LogP contribution in [0.4, 0.5) is 5.69 Å². The molecule has 1 aromatic carbocycles. The van der Waals surface area contributed by atoms with Gasteiger partial charge >= 0.3 is 5.97 Å². The SMILES string of the molecule is CC(=O)OCCCO.CCC(N)c1ccc(N(C)C)cc1C.COCC1C(CO)OC(COCC2C(CO)OC(COCC(C)O)C(O)C2O)C(O)C1O. The second kappa shape index (κ2) is 26.7. The standard InChI is InChI=1S/C20H38O12.C12H20N2.C5H10O3/c1-10(23)5-29-8-15-20(27)18(25)12(14(4-22)32-15)7-30-9-16-19(26)17(24)11(6-28-2)13(3-21)31-16;1-5-12(13)11-7-6-10(14(3)4)8-9(11)2;1-5(7)8-4-2-3-6/h10-27H,3-9H2,1-2H3;6-8,12H,5,13H2,1-4H3;6H,2-4H2,1H3. The number of rotatable bonds is 18. The number of methoxy groups -OCH3 is 1. The molecule has 0 spiro atoms. The molecule has 2 aliphatic heterocycles. The molecule has 0 radical (unpaired) electrons. The normalized spacial score (nSPS) is 29.2. The number of aliphatic hydroxyl groups is 8. The number of nitrogens with zero attached hydrogens (tertiary/aromatic N) is 1. The van der Waals surface area contributed by atoms with Crippen molar-refractivity contribution in [1.82, 2.24) is 0 Å². The minimum atomic E-state index is -1.30. The van der Waals surface area contributed by atoms with Crippen molar-refractivity contribution in [3.8, 4) is 0 Å². The molecule has 12 atom stereocenters. The third-order valence-electron chi connectivity index (χ3n) is 9.16. The van der Waals surface area contributed by atoms with E-state index in [0.29, 0.717) is 13.0 Å². The Morgan fingerprint density at radius 2 is 1.41 bits per heavy atom. The van der Waals surface area contributed by atoms with E-state index in [1.54, 1.807) is 6.92 Å². The predicted molar refractivity (Wildman–Crippen MR) is 199 cm³/mol. The molecule has 0 aliphatic carbocycles. The van der Waals surface area contributed by atoms with Gasteiger partial charge in [0, 0.05) is 64.7 Å². The molecule has 12 unspecified atom stereocenters. The predicted octanol–water partition coefficient (Wildman–Crippen LogP) is -1.36. The maximum atomic E-state index is 10.5. The zero-order valence-corrected chi connectivity index (χ0v) is 32.9. The Labute approximate surface area is 319 Å². The molecule has 2 saturated heterocycles. The smallest absolute Gasteiger partial charge is 0.302 e. The Hall–Kier alpha value is -2.07. The first kappa shape index (κ1) is 49.9. The summed E-state index contributed by atoms with van der Waals surface area (Å²) < 4.78 is 31.6. The number of benzene rings is 1. The molecule has 0 bridgehead atoms. The Morgan fingerprint density at radius 1 is 0.870 bits per heavy atom. The van der Waals surface area contributed by atoms with Crippen LogP contribution in [0, 0.1) is 18.8 Å². The molecular formula is C37H68N2O15. The third kappa shape index (κ3) is 16.6. The quantitative estimate of drug-likeness (QED) is 0.0616. The van der Waals surface area contributed by atoms with Crippen molar-refractivity contribution in [2.45, 2.75) is 102 Å². The van der Waals surface area contributed by atoms with E-state index in [9.17, 15) is 40.5 Å². The molecule has 0 amide bonds. The Morgan fingerprint density at radius 3 is 1.83 bits per heavy atom. The van der Waals surface area contributed by atoms with Crippen molar-refractivity contribution in [1.29, 1.82) is 0 Å². The van der Waals surface area contributed by atoms with Crippen LogP contribution in [0.15, 0.2) is 18.2 Å². The number of ether oxygens (including phenoxy) is 6. The molecular weight excluding hydrogens is 712 g/mol. The van der Waals surface area contributed by atoms with E-state index < -0.39 is 73.4 Å². The van der Waals surface area contributed by atoms with Crippen molar-refractivity contribution in [2.75, 3.05) is 85.6 Å². The number of hydrogen-bond acceptors (Lipinski definition) is 17. The van der Waals surface area contributed by atoms with E-state index in [4.69, 9.17) is 34.5 Å². The Bertz CT molecular complexity index is 1140. The average Bonchev–Trinajstić information content (AvgIpc) is 3.13. The van der Waals surface area contributed by atoms with Crippen LogP contribution in [0.1, 0.15) is 50.8 Å². The number of aliphatic hydroxyl groups excluding tert-OH is 8. The third-order valence-corrected chi connectivity index (χ3v) is 9.16. The molecule has 316 valence electrons. The summed E-state index contributed by atoms with van der Waals surface area (Å²) in [5.41, 5.74) is 9.78. The molecule has 17 nitrogen and oxygen atoms in total. The second-order valence-corrected chi connectivity index (χ2v) is 13.8. The van der Waals surface area contributed by atoms with E-state index in [2.05, 4.69) is 41.7 Å². The summed E-state index contributed by atoms with van der Waals surface area (Å²) in [4.78, 5) is 12.1. The number of carbonyl (C=O) groups excluding carboxylic acids is 1. The molecule has 1 aromatic rings. The number of anilines is 1. The van der Waals surface area contributed by atoms with Crippen LogP contribution in [-0.2, 0) is 33.2 Å². The van der Waals surface area contributed by atoms with Crippen LogP contribution in [-0.4, -0.2) is 182 Å². The van der Waals surface area contributed by atoms with E-state index in [0.717, 1.165) is 6.42 Å². The van der Waals surface area contributed by atoms with E-state index >= 15 is 0 Å². The monoisotopic (exact) mass is 780 g/mol. The molecule has 2 aliphatic rings. The van der Waals surface area contributed by atoms with E-state index in [1.807, 2.05) is 14.1 Å². The minimum Gasteiger partial charge on any atom is -0.466 e. The zero-order chi connectivity index (χ0) is 41.0. The lowest BCUT2D eigenvalue weighted by Gasteiger charge is -2.43. The molecule has 17 heteroatoms. The number of esters is 1. The van der Waals surface area contributed by atoms with Crippen LogP contribution in [0.3, 0.4) is 0 Å². The van der Waals surface area contributed by atoms with Gasteiger partial charge in [-0.1, -0.05) is 13.0 Å². The molecule has 2 heterocycles. The second-order valence-electron chi connectivity index (χ2n) is 13.8. The molecule has 2 fully saturated rings. The fourth-order valence-corrected chi connectivity index (χ4v) is 5.96. The average molecular weight is 781 g/mol. The highest BCUT2D eigenvalue weighted by molar-refractivity contribution is 5.65. The van der Waals surface area contributed by atoms with Crippen molar-refractivity contribution in [2.24, 2.45) is 17.6 Å². The van der Waals surface area contributed by atoms with Crippen LogP contribution < -0.4 is 10.6 Å². The maximum absolute atomic E-state index is 10.5. The molecule has 0 saturated carbocycles. The summed E-state index contributed by atoms with van der Waals surface area (Å²) in [5, 5.41) is 78.3. The largest absolute Gasteiger partial charge is 0.466 e. The summed E-state index contributed by atoms with van der Waals surface area (Å²) in [5.74, 6) is -1.67. The lowest BCUT2D eigenvalue weighted by molar-refractivity contribution is -0.243. The summed E-state index contributed by atoms with van der Waals surface area (Å²) in [7, 11) is 5.54.